The molecule has 0 N–H and O–H groups in total. The lowest BCUT2D eigenvalue weighted by Gasteiger charge is -2.33. The fourth-order valence-corrected chi connectivity index (χ4v) is 5.02. The van der Waals surface area contributed by atoms with Gasteiger partial charge in [0, 0.05) is 31.7 Å². The minimum absolute atomic E-state index is 0.0557. The van der Waals surface area contributed by atoms with Crippen molar-refractivity contribution in [1.29, 1.82) is 0 Å². The van der Waals surface area contributed by atoms with E-state index in [1.165, 1.54) is 4.31 Å². The third-order valence-corrected chi connectivity index (χ3v) is 7.24. The number of carbonyl (C=O) groups is 1. The molecule has 0 spiro atoms. The van der Waals surface area contributed by atoms with E-state index in [4.69, 9.17) is 4.52 Å². The van der Waals surface area contributed by atoms with Crippen molar-refractivity contribution in [3.63, 3.8) is 0 Å². The molecule has 1 aromatic heterocycles. The zero-order valence-electron chi connectivity index (χ0n) is 16.2. The summed E-state index contributed by atoms with van der Waals surface area (Å²) < 4.78 is 32.1. The standard InChI is InChI=1S/C19H25N3O4S/c1-13-5-6-17(11-14(13)2)18(23)12-21-7-9-22(10-8-21)27(24,25)19-15(3)20-26-16(19)4/h5-6,11H,7-10,12H2,1-4H3. The second-order valence-electron chi connectivity index (χ2n) is 7.06. The van der Waals surface area contributed by atoms with Crippen LogP contribution in [0.5, 0.6) is 0 Å². The zero-order valence-corrected chi connectivity index (χ0v) is 17.0. The lowest BCUT2D eigenvalue weighted by Crippen LogP contribution is -2.49. The van der Waals surface area contributed by atoms with Crippen molar-refractivity contribution in [2.45, 2.75) is 32.6 Å². The number of nitrogens with zero attached hydrogens (tertiary/aromatic N) is 3. The van der Waals surface area contributed by atoms with Crippen molar-refractivity contribution in [2.24, 2.45) is 0 Å². The number of aryl methyl sites for hydroxylation is 4. The molecule has 1 fully saturated rings. The van der Waals surface area contributed by atoms with E-state index in [0.29, 0.717) is 49.7 Å². The molecule has 1 aromatic carbocycles. The fraction of sp³-hybridized carbons (Fsp3) is 0.474. The third kappa shape index (κ3) is 3.97. The molecule has 8 heteroatoms. The van der Waals surface area contributed by atoms with E-state index in [2.05, 4.69) is 5.16 Å². The molecule has 3 rings (SSSR count). The Morgan fingerprint density at radius 2 is 1.74 bits per heavy atom. The first-order valence-electron chi connectivity index (χ1n) is 8.96. The van der Waals surface area contributed by atoms with Gasteiger partial charge in [-0.25, -0.2) is 8.42 Å². The summed E-state index contributed by atoms with van der Waals surface area (Å²) in [4.78, 5) is 14.7. The Morgan fingerprint density at radius 1 is 1.07 bits per heavy atom. The van der Waals surface area contributed by atoms with Crippen molar-refractivity contribution < 1.29 is 17.7 Å². The maximum Gasteiger partial charge on any atom is 0.248 e. The highest BCUT2D eigenvalue weighted by molar-refractivity contribution is 7.89. The first-order chi connectivity index (χ1) is 12.7. The van der Waals surface area contributed by atoms with Gasteiger partial charge in [0.15, 0.2) is 11.5 Å². The number of benzene rings is 1. The van der Waals surface area contributed by atoms with E-state index in [1.807, 2.05) is 36.9 Å². The molecule has 2 aromatic rings. The first kappa shape index (κ1) is 19.7. The summed E-state index contributed by atoms with van der Waals surface area (Å²) in [5.41, 5.74) is 3.32. The Morgan fingerprint density at radius 3 is 2.30 bits per heavy atom. The predicted octanol–water partition coefficient (Wildman–Crippen LogP) is 2.10. The summed E-state index contributed by atoms with van der Waals surface area (Å²) in [7, 11) is -3.63. The summed E-state index contributed by atoms with van der Waals surface area (Å²) in [6, 6.07) is 5.72. The van der Waals surface area contributed by atoms with Gasteiger partial charge < -0.3 is 4.52 Å². The lowest BCUT2D eigenvalue weighted by atomic mass is 10.0. The molecule has 1 aliphatic rings. The van der Waals surface area contributed by atoms with Crippen LogP contribution in [-0.2, 0) is 10.0 Å². The van der Waals surface area contributed by atoms with Gasteiger partial charge in [-0.3, -0.25) is 9.69 Å². The first-order valence-corrected chi connectivity index (χ1v) is 10.4. The van der Waals surface area contributed by atoms with Gasteiger partial charge in [0.2, 0.25) is 10.0 Å². The van der Waals surface area contributed by atoms with Gasteiger partial charge in [0.25, 0.3) is 0 Å². The Kier molecular flexibility index (Phi) is 5.50. The highest BCUT2D eigenvalue weighted by atomic mass is 32.2. The van der Waals surface area contributed by atoms with E-state index in [1.54, 1.807) is 13.8 Å². The number of hydrogen-bond donors (Lipinski definition) is 0. The maximum atomic E-state index is 12.9. The van der Waals surface area contributed by atoms with E-state index in [-0.39, 0.29) is 10.7 Å². The van der Waals surface area contributed by atoms with Crippen LogP contribution in [0, 0.1) is 27.7 Å². The van der Waals surface area contributed by atoms with Gasteiger partial charge in [0.05, 0.1) is 6.54 Å². The average Bonchev–Trinajstić information content (AvgIpc) is 2.97. The molecule has 0 bridgehead atoms. The molecule has 0 aliphatic carbocycles. The summed E-state index contributed by atoms with van der Waals surface area (Å²) in [5.74, 6) is 0.361. The number of ketones is 1. The maximum absolute atomic E-state index is 12.9. The largest absolute Gasteiger partial charge is 0.360 e. The Balaban J connectivity index is 1.63. The molecule has 1 aliphatic heterocycles. The van der Waals surface area contributed by atoms with E-state index in [0.717, 1.165) is 11.1 Å². The Bertz CT molecular complexity index is 938. The molecule has 7 nitrogen and oxygen atoms in total. The molecular weight excluding hydrogens is 366 g/mol. The quantitative estimate of drug-likeness (QED) is 0.726. The van der Waals surface area contributed by atoms with Gasteiger partial charge in [-0.1, -0.05) is 17.3 Å². The molecule has 0 atom stereocenters. The summed E-state index contributed by atoms with van der Waals surface area (Å²) in [6.45, 7) is 9.24. The highest BCUT2D eigenvalue weighted by Gasteiger charge is 2.33. The van der Waals surface area contributed by atoms with Crippen molar-refractivity contribution in [1.82, 2.24) is 14.4 Å². The second-order valence-corrected chi connectivity index (χ2v) is 8.93. The predicted molar refractivity (Wildman–Crippen MR) is 101 cm³/mol. The number of carbonyl (C=O) groups excluding carboxylic acids is 1. The minimum Gasteiger partial charge on any atom is -0.360 e. The van der Waals surface area contributed by atoms with Crippen LogP contribution in [0.15, 0.2) is 27.6 Å². The van der Waals surface area contributed by atoms with Gasteiger partial charge in [-0.05, 0) is 44.9 Å². The molecule has 0 amide bonds. The molecule has 0 unspecified atom stereocenters. The molecule has 0 saturated carbocycles. The highest BCUT2D eigenvalue weighted by Crippen LogP contribution is 2.24. The molecule has 146 valence electrons. The third-order valence-electron chi connectivity index (χ3n) is 5.09. The van der Waals surface area contributed by atoms with Crippen LogP contribution in [0.4, 0.5) is 0 Å². The second kappa shape index (κ2) is 7.53. The van der Waals surface area contributed by atoms with Crippen molar-refractivity contribution in [3.8, 4) is 0 Å². The van der Waals surface area contributed by atoms with Gasteiger partial charge in [-0.15, -0.1) is 0 Å². The number of sulfonamides is 1. The van der Waals surface area contributed by atoms with Crippen molar-refractivity contribution >= 4 is 15.8 Å². The Hall–Kier alpha value is -2.03. The van der Waals surface area contributed by atoms with E-state index >= 15 is 0 Å². The topological polar surface area (TPSA) is 83.7 Å². The molecular formula is C19H25N3O4S. The number of aromatic nitrogens is 1. The summed E-state index contributed by atoms with van der Waals surface area (Å²) >= 11 is 0. The van der Waals surface area contributed by atoms with Crippen LogP contribution in [0.25, 0.3) is 0 Å². The van der Waals surface area contributed by atoms with Crippen LogP contribution in [-0.4, -0.2) is 61.3 Å². The van der Waals surface area contributed by atoms with Crippen molar-refractivity contribution in [3.05, 3.63) is 46.3 Å². The van der Waals surface area contributed by atoms with Crippen LogP contribution < -0.4 is 0 Å². The summed E-state index contributed by atoms with van der Waals surface area (Å²) in [5, 5.41) is 3.74. The zero-order chi connectivity index (χ0) is 19.8. The number of Topliss-reactive ketones (excluding diaryl/α,β-unsaturated/α-hetero) is 1. The number of piperazine rings is 1. The van der Waals surface area contributed by atoms with E-state index < -0.39 is 10.0 Å². The molecule has 27 heavy (non-hydrogen) atoms. The van der Waals surface area contributed by atoms with Crippen LogP contribution in [0.1, 0.15) is 32.9 Å². The molecule has 2 heterocycles. The normalized spacial score (nSPS) is 16.6. The number of rotatable bonds is 5. The minimum atomic E-state index is -3.63. The van der Waals surface area contributed by atoms with Crippen LogP contribution in [0.2, 0.25) is 0 Å². The van der Waals surface area contributed by atoms with E-state index in [9.17, 15) is 13.2 Å². The monoisotopic (exact) mass is 391 g/mol. The van der Waals surface area contributed by atoms with Crippen LogP contribution in [0.3, 0.4) is 0 Å². The SMILES string of the molecule is Cc1ccc(C(=O)CN2CCN(S(=O)(=O)c3c(C)noc3C)CC2)cc1C. The molecule has 1 saturated heterocycles. The van der Waals surface area contributed by atoms with Gasteiger partial charge >= 0.3 is 0 Å². The Labute approximate surface area is 160 Å². The fourth-order valence-electron chi connectivity index (χ4n) is 3.31. The average molecular weight is 391 g/mol. The number of hydrogen-bond acceptors (Lipinski definition) is 6. The lowest BCUT2D eigenvalue weighted by molar-refractivity contribution is 0.0901. The smallest absolute Gasteiger partial charge is 0.248 e. The van der Waals surface area contributed by atoms with Gasteiger partial charge in [-0.2, -0.15) is 4.31 Å². The van der Waals surface area contributed by atoms with Crippen LogP contribution >= 0.6 is 0 Å². The van der Waals surface area contributed by atoms with Gasteiger partial charge in [0.1, 0.15) is 10.6 Å². The molecule has 0 radical (unpaired) electrons. The summed E-state index contributed by atoms with van der Waals surface area (Å²) in [6.07, 6.45) is 0. The van der Waals surface area contributed by atoms with Crippen molar-refractivity contribution in [2.75, 3.05) is 32.7 Å².